The predicted molar refractivity (Wildman–Crippen MR) is 72.2 cm³/mol. The van der Waals surface area contributed by atoms with E-state index < -0.39 is 5.97 Å². The summed E-state index contributed by atoms with van der Waals surface area (Å²) in [7, 11) is 0. The van der Waals surface area contributed by atoms with Crippen molar-refractivity contribution >= 4 is 18.0 Å². The molecule has 1 aromatic rings. The number of rotatable bonds is 4. The molecule has 1 aliphatic heterocycles. The molecule has 0 spiro atoms. The number of carboxylic acid groups (broad SMARTS) is 1. The molecule has 1 aromatic carbocycles. The van der Waals surface area contributed by atoms with Gasteiger partial charge in [0, 0.05) is 18.7 Å². The fourth-order valence-electron chi connectivity index (χ4n) is 2.26. The molecular weight excluding hydrogens is 242 g/mol. The van der Waals surface area contributed by atoms with Crippen LogP contribution < -0.4 is 0 Å². The fraction of sp³-hybridized carbons (Fsp3) is 0.333. The molecule has 1 unspecified atom stereocenters. The minimum Gasteiger partial charge on any atom is -0.481 e. The lowest BCUT2D eigenvalue weighted by Gasteiger charge is -2.29. The number of benzene rings is 1. The van der Waals surface area contributed by atoms with Crippen molar-refractivity contribution in [2.24, 2.45) is 5.92 Å². The van der Waals surface area contributed by atoms with Gasteiger partial charge in [-0.05, 0) is 24.5 Å². The van der Waals surface area contributed by atoms with Crippen LogP contribution in [-0.4, -0.2) is 28.4 Å². The third-order valence-electron chi connectivity index (χ3n) is 3.25. The van der Waals surface area contributed by atoms with E-state index in [-0.39, 0.29) is 18.2 Å². The molecule has 1 saturated heterocycles. The number of aliphatic carboxylic acids is 1. The normalized spacial score (nSPS) is 19.9. The van der Waals surface area contributed by atoms with Gasteiger partial charge in [-0.2, -0.15) is 0 Å². The van der Waals surface area contributed by atoms with Crippen molar-refractivity contribution in [3.05, 3.63) is 42.1 Å². The third kappa shape index (κ3) is 3.68. The van der Waals surface area contributed by atoms with E-state index in [0.717, 1.165) is 12.0 Å². The molecule has 2 rings (SSSR count). The molecule has 100 valence electrons. The second kappa shape index (κ2) is 6.18. The molecule has 0 saturated carbocycles. The number of likely N-dealkylation sites (tertiary alicyclic amines) is 1. The van der Waals surface area contributed by atoms with E-state index in [0.29, 0.717) is 13.0 Å². The first-order valence-electron chi connectivity index (χ1n) is 6.42. The Morgan fingerprint density at radius 1 is 1.37 bits per heavy atom. The molecule has 0 aliphatic carbocycles. The summed E-state index contributed by atoms with van der Waals surface area (Å²) in [6.07, 6.45) is 5.07. The van der Waals surface area contributed by atoms with E-state index in [1.807, 2.05) is 36.4 Å². The highest BCUT2D eigenvalue weighted by Gasteiger charge is 2.29. The van der Waals surface area contributed by atoms with Gasteiger partial charge in [0.25, 0.3) is 0 Å². The van der Waals surface area contributed by atoms with Crippen molar-refractivity contribution in [2.45, 2.75) is 19.3 Å². The number of hydrogen-bond donors (Lipinski definition) is 1. The molecule has 1 atom stereocenters. The summed E-state index contributed by atoms with van der Waals surface area (Å²) in [5.41, 5.74) is 1.02. The Balaban J connectivity index is 2.02. The highest BCUT2D eigenvalue weighted by atomic mass is 16.4. The van der Waals surface area contributed by atoms with Crippen molar-refractivity contribution in [1.82, 2.24) is 4.90 Å². The zero-order chi connectivity index (χ0) is 13.7. The van der Waals surface area contributed by atoms with Gasteiger partial charge in [-0.1, -0.05) is 30.3 Å². The predicted octanol–water partition coefficient (Wildman–Crippen LogP) is 2.37. The second-order valence-electron chi connectivity index (χ2n) is 4.70. The van der Waals surface area contributed by atoms with Crippen LogP contribution in [0.5, 0.6) is 0 Å². The quantitative estimate of drug-likeness (QED) is 0.903. The Morgan fingerprint density at radius 2 is 2.11 bits per heavy atom. The highest BCUT2D eigenvalue weighted by molar-refractivity contribution is 5.85. The smallest absolute Gasteiger partial charge is 0.304 e. The van der Waals surface area contributed by atoms with Crippen LogP contribution in [-0.2, 0) is 9.59 Å². The number of carbonyl (C=O) groups is 2. The van der Waals surface area contributed by atoms with Gasteiger partial charge in [0.2, 0.25) is 5.91 Å². The van der Waals surface area contributed by atoms with Crippen LogP contribution in [0.2, 0.25) is 0 Å². The molecule has 4 heteroatoms. The van der Waals surface area contributed by atoms with Crippen molar-refractivity contribution < 1.29 is 14.7 Å². The number of amides is 1. The zero-order valence-corrected chi connectivity index (χ0v) is 10.7. The van der Waals surface area contributed by atoms with E-state index in [4.69, 9.17) is 5.11 Å². The fourth-order valence-corrected chi connectivity index (χ4v) is 2.26. The van der Waals surface area contributed by atoms with Gasteiger partial charge in [-0.25, -0.2) is 0 Å². The topological polar surface area (TPSA) is 57.6 Å². The summed E-state index contributed by atoms with van der Waals surface area (Å²) >= 11 is 0. The summed E-state index contributed by atoms with van der Waals surface area (Å²) in [6, 6.07) is 9.72. The molecule has 1 fully saturated rings. The van der Waals surface area contributed by atoms with Crippen molar-refractivity contribution in [1.29, 1.82) is 0 Å². The minimum atomic E-state index is -0.910. The van der Waals surface area contributed by atoms with E-state index in [1.165, 1.54) is 0 Å². The second-order valence-corrected chi connectivity index (χ2v) is 4.70. The van der Waals surface area contributed by atoms with Crippen LogP contribution in [0.25, 0.3) is 6.08 Å². The van der Waals surface area contributed by atoms with Gasteiger partial charge < -0.3 is 10.0 Å². The van der Waals surface area contributed by atoms with Crippen LogP contribution in [0.4, 0.5) is 0 Å². The summed E-state index contributed by atoms with van der Waals surface area (Å²) in [6.45, 7) is 0.665. The number of hydrogen-bond acceptors (Lipinski definition) is 2. The highest BCUT2D eigenvalue weighted by Crippen LogP contribution is 2.21. The first-order chi connectivity index (χ1) is 9.16. The van der Waals surface area contributed by atoms with Crippen LogP contribution in [0, 0.1) is 5.92 Å². The van der Waals surface area contributed by atoms with Crippen molar-refractivity contribution in [3.63, 3.8) is 0 Å². The lowest BCUT2D eigenvalue weighted by molar-refractivity contribution is -0.145. The van der Waals surface area contributed by atoms with E-state index in [9.17, 15) is 9.59 Å². The Kier molecular flexibility index (Phi) is 4.34. The largest absolute Gasteiger partial charge is 0.481 e. The Labute approximate surface area is 112 Å². The molecule has 0 aromatic heterocycles. The summed E-state index contributed by atoms with van der Waals surface area (Å²) in [4.78, 5) is 24.4. The molecule has 0 bridgehead atoms. The molecule has 0 radical (unpaired) electrons. The van der Waals surface area contributed by atoms with Gasteiger partial charge in [0.05, 0.1) is 6.42 Å². The molecule has 19 heavy (non-hydrogen) atoms. The maximum Gasteiger partial charge on any atom is 0.304 e. The number of piperidine rings is 1. The van der Waals surface area contributed by atoms with E-state index in [2.05, 4.69) is 0 Å². The zero-order valence-electron chi connectivity index (χ0n) is 10.7. The molecule has 1 aliphatic rings. The first-order valence-corrected chi connectivity index (χ1v) is 6.42. The van der Waals surface area contributed by atoms with E-state index >= 15 is 0 Å². The average Bonchev–Trinajstić information content (AvgIpc) is 2.40. The summed E-state index contributed by atoms with van der Waals surface area (Å²) in [5.74, 6) is -1.38. The number of carboxylic acids is 1. The van der Waals surface area contributed by atoms with Gasteiger partial charge in [0.1, 0.15) is 0 Å². The monoisotopic (exact) mass is 259 g/mol. The SMILES string of the molecule is O=C(O)CC1CCCN(C=Cc2ccccc2)C1=O. The molecular formula is C15H17NO3. The molecule has 1 N–H and O–H groups in total. The van der Waals surface area contributed by atoms with Crippen LogP contribution in [0.1, 0.15) is 24.8 Å². The Bertz CT molecular complexity index is 481. The molecule has 1 amide bonds. The first kappa shape index (κ1) is 13.3. The Morgan fingerprint density at radius 3 is 2.79 bits per heavy atom. The summed E-state index contributed by atoms with van der Waals surface area (Å²) in [5, 5.41) is 8.79. The maximum absolute atomic E-state index is 12.1. The average molecular weight is 259 g/mol. The molecule has 4 nitrogen and oxygen atoms in total. The third-order valence-corrected chi connectivity index (χ3v) is 3.25. The van der Waals surface area contributed by atoms with Gasteiger partial charge in [-0.3, -0.25) is 9.59 Å². The molecule has 1 heterocycles. The lowest BCUT2D eigenvalue weighted by atomic mass is 9.94. The summed E-state index contributed by atoms with van der Waals surface area (Å²) < 4.78 is 0. The van der Waals surface area contributed by atoms with Crippen molar-refractivity contribution in [3.8, 4) is 0 Å². The number of nitrogens with zero attached hydrogens (tertiary/aromatic N) is 1. The standard InChI is InChI=1S/C15H17NO3/c17-14(18)11-13-7-4-9-16(15(13)19)10-8-12-5-2-1-3-6-12/h1-3,5-6,8,10,13H,4,7,9,11H2,(H,17,18). The minimum absolute atomic E-state index is 0.0749. The Hall–Kier alpha value is -2.10. The van der Waals surface area contributed by atoms with Gasteiger partial charge >= 0.3 is 5.97 Å². The maximum atomic E-state index is 12.1. The van der Waals surface area contributed by atoms with Crippen LogP contribution in [0.3, 0.4) is 0 Å². The number of carbonyl (C=O) groups excluding carboxylic acids is 1. The van der Waals surface area contributed by atoms with Crippen LogP contribution >= 0.6 is 0 Å². The van der Waals surface area contributed by atoms with Gasteiger partial charge in [0.15, 0.2) is 0 Å². The van der Waals surface area contributed by atoms with Crippen molar-refractivity contribution in [2.75, 3.05) is 6.54 Å². The lowest BCUT2D eigenvalue weighted by Crippen LogP contribution is -2.38. The van der Waals surface area contributed by atoms with Gasteiger partial charge in [-0.15, -0.1) is 0 Å². The van der Waals surface area contributed by atoms with E-state index in [1.54, 1.807) is 11.1 Å². The van der Waals surface area contributed by atoms with Crippen LogP contribution in [0.15, 0.2) is 36.5 Å².